The zero-order valence-corrected chi connectivity index (χ0v) is 30.4. The number of aromatic nitrogens is 2. The van der Waals surface area contributed by atoms with Gasteiger partial charge in [-0.05, 0) is 84.9 Å². The Morgan fingerprint density at radius 1 is 0.759 bits per heavy atom. The van der Waals surface area contributed by atoms with Crippen molar-refractivity contribution < 1.29 is 0 Å². The third-order valence-electron chi connectivity index (χ3n) is 11.9. The molecule has 5 aromatic rings. The first kappa shape index (κ1) is 32.7. The first-order valence-corrected chi connectivity index (χ1v) is 19.5. The Hall–Kier alpha value is -5.91. The minimum Gasteiger partial charge on any atom is -0.387 e. The van der Waals surface area contributed by atoms with Crippen LogP contribution in [0.3, 0.4) is 0 Å². The van der Waals surface area contributed by atoms with Gasteiger partial charge in [0.1, 0.15) is 12.0 Å². The summed E-state index contributed by atoms with van der Waals surface area (Å²) in [4.78, 5) is 5.16. The van der Waals surface area contributed by atoms with E-state index in [4.69, 9.17) is 10.7 Å². The van der Waals surface area contributed by atoms with Gasteiger partial charge in [0.05, 0.1) is 16.7 Å². The summed E-state index contributed by atoms with van der Waals surface area (Å²) in [6.45, 7) is 0.745. The lowest BCUT2D eigenvalue weighted by Gasteiger charge is -2.26. The first-order valence-electron chi connectivity index (χ1n) is 19.5. The molecule has 5 unspecified atom stereocenters. The predicted octanol–water partition coefficient (Wildman–Crippen LogP) is 10.4. The molecule has 2 aromatic heterocycles. The van der Waals surface area contributed by atoms with E-state index in [2.05, 4.69) is 178 Å². The maximum Gasteiger partial charge on any atom is 0.108 e. The van der Waals surface area contributed by atoms with Crippen LogP contribution in [-0.2, 0) is 13.0 Å². The van der Waals surface area contributed by atoms with Gasteiger partial charge in [-0.1, -0.05) is 121 Å². The van der Waals surface area contributed by atoms with Gasteiger partial charge in [-0.25, -0.2) is 0 Å². The summed E-state index contributed by atoms with van der Waals surface area (Å²) in [7, 11) is 0. The van der Waals surface area contributed by atoms with Crippen LogP contribution in [0.5, 0.6) is 0 Å². The summed E-state index contributed by atoms with van der Waals surface area (Å²) in [5.41, 5.74) is 18.5. The molecule has 3 aromatic carbocycles. The van der Waals surface area contributed by atoms with E-state index in [1.807, 2.05) is 0 Å². The molecule has 0 saturated heterocycles. The van der Waals surface area contributed by atoms with Crippen LogP contribution in [0.2, 0.25) is 0 Å². The molecule has 0 amide bonds. The Balaban J connectivity index is 1.03. The minimum absolute atomic E-state index is 0.0390. The molecule has 0 saturated carbocycles. The van der Waals surface area contributed by atoms with Crippen LogP contribution in [0.25, 0.3) is 45.3 Å². The summed E-state index contributed by atoms with van der Waals surface area (Å²) in [5.74, 6) is 1.67. The maximum absolute atomic E-state index is 6.87. The minimum atomic E-state index is -0.102. The van der Waals surface area contributed by atoms with Crippen LogP contribution in [0.15, 0.2) is 157 Å². The molecule has 2 heterocycles. The number of nitrogens with two attached hydrogens (primary N) is 1. The van der Waals surface area contributed by atoms with Crippen molar-refractivity contribution in [3.8, 4) is 5.69 Å². The number of amidine groups is 1. The number of hydrogen-bond donors (Lipinski definition) is 2. The number of aliphatic imine (C=N–C) groups is 1. The molecular formula is C49H45N5. The molecule has 5 aliphatic rings. The smallest absolute Gasteiger partial charge is 0.108 e. The molecule has 0 fully saturated rings. The number of para-hydroxylation sites is 1. The maximum atomic E-state index is 6.87. The number of nitrogens with zero attached hydrogens (tertiary/aromatic N) is 3. The lowest BCUT2D eigenvalue weighted by atomic mass is 9.78. The van der Waals surface area contributed by atoms with Crippen molar-refractivity contribution in [2.24, 2.45) is 28.5 Å². The molecule has 0 aliphatic heterocycles. The Bertz CT molecular complexity index is 2530. The van der Waals surface area contributed by atoms with Gasteiger partial charge >= 0.3 is 0 Å². The van der Waals surface area contributed by atoms with Gasteiger partial charge in [-0.15, -0.1) is 0 Å². The van der Waals surface area contributed by atoms with Gasteiger partial charge in [0.2, 0.25) is 0 Å². The van der Waals surface area contributed by atoms with Crippen LogP contribution in [0, 0.1) is 17.8 Å². The number of allylic oxidation sites excluding steroid dienone is 12. The fourth-order valence-corrected chi connectivity index (χ4v) is 9.20. The van der Waals surface area contributed by atoms with E-state index >= 15 is 0 Å². The topological polar surface area (TPSA) is 60.3 Å². The first-order chi connectivity index (χ1) is 26.7. The van der Waals surface area contributed by atoms with E-state index in [1.165, 1.54) is 61.3 Å². The van der Waals surface area contributed by atoms with Gasteiger partial charge in [0.25, 0.3) is 0 Å². The van der Waals surface area contributed by atoms with E-state index in [0.29, 0.717) is 17.7 Å². The quantitative estimate of drug-likeness (QED) is 0.125. The largest absolute Gasteiger partial charge is 0.387 e. The van der Waals surface area contributed by atoms with Crippen molar-refractivity contribution in [3.63, 3.8) is 0 Å². The molecule has 266 valence electrons. The zero-order chi connectivity index (χ0) is 36.0. The van der Waals surface area contributed by atoms with E-state index in [0.717, 1.165) is 32.2 Å². The SMILES string of the molecule is N/C(=N\C(NCc1ccccc1)C1C=CC=CC1)C1C=CC(n2c3c(c4cc5c6c(n(-c7ccccc7)c5cc42)C=CC2C=CC=CC62)CCC=C3)=CC1. The molecular weight excluding hydrogens is 659 g/mol. The number of fused-ring (bicyclic) bond motifs is 8. The number of benzene rings is 3. The fraction of sp³-hybridized carbons (Fsp3) is 0.204. The van der Waals surface area contributed by atoms with Crippen LogP contribution in [0.1, 0.15) is 53.3 Å². The van der Waals surface area contributed by atoms with Crippen LogP contribution in [0.4, 0.5) is 0 Å². The normalized spacial score (nSPS) is 23.1. The average molecular weight is 704 g/mol. The Kier molecular flexibility index (Phi) is 8.37. The van der Waals surface area contributed by atoms with Crippen LogP contribution >= 0.6 is 0 Å². The molecule has 0 bridgehead atoms. The Labute approximate surface area is 317 Å². The second kappa shape index (κ2) is 13.8. The van der Waals surface area contributed by atoms with Gasteiger partial charge < -0.3 is 14.9 Å². The Morgan fingerprint density at radius 2 is 1.57 bits per heavy atom. The number of nitrogens with one attached hydrogen (secondary N) is 1. The van der Waals surface area contributed by atoms with Crippen molar-refractivity contribution >= 4 is 45.5 Å². The van der Waals surface area contributed by atoms with Crippen molar-refractivity contribution in [1.82, 2.24) is 14.5 Å². The monoisotopic (exact) mass is 703 g/mol. The van der Waals surface area contributed by atoms with E-state index < -0.39 is 0 Å². The highest BCUT2D eigenvalue weighted by Crippen LogP contribution is 2.47. The van der Waals surface area contributed by atoms with Crippen LogP contribution < -0.4 is 11.1 Å². The summed E-state index contributed by atoms with van der Waals surface area (Å²) < 4.78 is 4.97. The van der Waals surface area contributed by atoms with Gasteiger partial charge in [-0.2, -0.15) is 0 Å². The standard InChI is InChI=1S/C49H45N5/c50-48(52-49(36-17-6-2-7-18-36)51-32-33-14-4-1-5-15-33)35-24-27-38(28-25-35)53-43-23-13-12-22-40(43)41-30-42-46(31-45(41)53)54(37-19-8-3-9-20-37)44-29-26-34-16-10-11-21-39(34)47(42)44/h1-11,13-17,19-21,23-24,26-31,34-36,39,49,51H,12,18,22,25,32H2,(H2,50,52). The molecule has 0 radical (unpaired) electrons. The molecule has 5 nitrogen and oxygen atoms in total. The molecule has 3 N–H and O–H groups in total. The highest BCUT2D eigenvalue weighted by Gasteiger charge is 2.32. The molecule has 5 aliphatic carbocycles. The highest BCUT2D eigenvalue weighted by atomic mass is 15.1. The third kappa shape index (κ3) is 5.71. The number of rotatable bonds is 8. The number of aryl methyl sites for hydroxylation is 1. The summed E-state index contributed by atoms with van der Waals surface area (Å²) in [6.07, 6.45) is 37.9. The lowest BCUT2D eigenvalue weighted by Crippen LogP contribution is -2.37. The van der Waals surface area contributed by atoms with Crippen LogP contribution in [-0.4, -0.2) is 21.1 Å². The molecule has 0 spiro atoms. The fourth-order valence-electron chi connectivity index (χ4n) is 9.20. The molecule has 5 atom stereocenters. The predicted molar refractivity (Wildman–Crippen MR) is 226 cm³/mol. The van der Waals surface area contributed by atoms with Crippen molar-refractivity contribution in [3.05, 3.63) is 180 Å². The van der Waals surface area contributed by atoms with Gasteiger partial charge in [0.15, 0.2) is 0 Å². The van der Waals surface area contributed by atoms with E-state index in [9.17, 15) is 0 Å². The summed E-state index contributed by atoms with van der Waals surface area (Å²) >= 11 is 0. The second-order valence-corrected chi connectivity index (χ2v) is 15.1. The van der Waals surface area contributed by atoms with E-state index in [1.54, 1.807) is 0 Å². The average Bonchev–Trinajstić information content (AvgIpc) is 3.74. The van der Waals surface area contributed by atoms with E-state index in [-0.39, 0.29) is 18.0 Å². The second-order valence-electron chi connectivity index (χ2n) is 15.1. The van der Waals surface area contributed by atoms with Crippen molar-refractivity contribution in [2.75, 3.05) is 0 Å². The highest BCUT2D eigenvalue weighted by molar-refractivity contribution is 6.05. The third-order valence-corrected chi connectivity index (χ3v) is 11.9. The summed E-state index contributed by atoms with van der Waals surface area (Å²) in [5, 5.41) is 6.42. The molecule has 5 heteroatoms. The molecule has 10 rings (SSSR count). The van der Waals surface area contributed by atoms with Gasteiger partial charge in [-0.3, -0.25) is 10.3 Å². The van der Waals surface area contributed by atoms with Crippen molar-refractivity contribution in [1.29, 1.82) is 0 Å². The molecule has 54 heavy (non-hydrogen) atoms. The number of hydrogen-bond acceptors (Lipinski definition) is 2. The lowest BCUT2D eigenvalue weighted by molar-refractivity contribution is 0.417. The summed E-state index contributed by atoms with van der Waals surface area (Å²) in [6, 6.07) is 26.3. The van der Waals surface area contributed by atoms with Crippen molar-refractivity contribution in [2.45, 2.75) is 44.3 Å². The Morgan fingerprint density at radius 3 is 2.39 bits per heavy atom. The van der Waals surface area contributed by atoms with Gasteiger partial charge in [0, 0.05) is 58.1 Å². The zero-order valence-electron chi connectivity index (χ0n) is 30.4.